The number of benzene rings is 2. The molecule has 1 atom stereocenters. The molecule has 2 aromatic rings. The van der Waals surface area contributed by atoms with Gasteiger partial charge >= 0.3 is 0 Å². The van der Waals surface area contributed by atoms with E-state index in [0.717, 1.165) is 12.1 Å². The molecule has 0 radical (unpaired) electrons. The molecule has 0 saturated heterocycles. The van der Waals surface area contributed by atoms with Crippen LogP contribution in [0.5, 0.6) is 0 Å². The van der Waals surface area contributed by atoms with Crippen molar-refractivity contribution in [3.05, 3.63) is 71.8 Å². The van der Waals surface area contributed by atoms with E-state index in [1.54, 1.807) is 12.1 Å². The Morgan fingerprint density at radius 1 is 0.964 bits per heavy atom. The van der Waals surface area contributed by atoms with Crippen molar-refractivity contribution in [3.63, 3.8) is 0 Å². The molecule has 0 aliphatic heterocycles. The minimum absolute atomic E-state index is 0.0330. The molecular formula is C23H31N3O2. The molecule has 5 heteroatoms. The van der Waals surface area contributed by atoms with Gasteiger partial charge in [-0.1, -0.05) is 62.4 Å². The lowest BCUT2D eigenvalue weighted by Crippen LogP contribution is -2.41. The smallest absolute Gasteiger partial charge is 0.251 e. The van der Waals surface area contributed by atoms with Crippen LogP contribution < -0.4 is 10.6 Å². The Labute approximate surface area is 168 Å². The molecule has 2 rings (SSSR count). The van der Waals surface area contributed by atoms with Gasteiger partial charge in [-0.15, -0.1) is 0 Å². The van der Waals surface area contributed by atoms with Crippen molar-refractivity contribution >= 4 is 11.8 Å². The van der Waals surface area contributed by atoms with Gasteiger partial charge in [-0.25, -0.2) is 0 Å². The molecule has 0 fully saturated rings. The Morgan fingerprint density at radius 2 is 1.54 bits per heavy atom. The highest BCUT2D eigenvalue weighted by Gasteiger charge is 2.22. The van der Waals surface area contributed by atoms with Crippen molar-refractivity contribution in [1.29, 1.82) is 0 Å². The first-order chi connectivity index (χ1) is 13.3. The Balaban J connectivity index is 2.04. The lowest BCUT2D eigenvalue weighted by Gasteiger charge is -2.29. The molecular weight excluding hydrogens is 350 g/mol. The molecule has 1 unspecified atom stereocenters. The van der Waals surface area contributed by atoms with E-state index in [-0.39, 0.29) is 29.7 Å². The van der Waals surface area contributed by atoms with E-state index >= 15 is 0 Å². The van der Waals surface area contributed by atoms with E-state index in [1.807, 2.05) is 62.6 Å². The zero-order valence-electron chi connectivity index (χ0n) is 17.2. The maximum atomic E-state index is 12.6. The van der Waals surface area contributed by atoms with Crippen LogP contribution in [0, 0.1) is 5.41 Å². The molecule has 2 N–H and O–H groups in total. The number of amides is 2. The zero-order chi connectivity index (χ0) is 20.6. The summed E-state index contributed by atoms with van der Waals surface area (Å²) < 4.78 is 0. The lowest BCUT2D eigenvalue weighted by atomic mass is 9.92. The second kappa shape index (κ2) is 10.0. The Hall–Kier alpha value is -2.66. The van der Waals surface area contributed by atoms with E-state index < -0.39 is 0 Å². The summed E-state index contributed by atoms with van der Waals surface area (Å²) in [7, 11) is 4.04. The predicted molar refractivity (Wildman–Crippen MR) is 113 cm³/mol. The average molecular weight is 382 g/mol. The van der Waals surface area contributed by atoms with Crippen molar-refractivity contribution < 1.29 is 9.59 Å². The molecule has 0 aromatic heterocycles. The maximum Gasteiger partial charge on any atom is 0.251 e. The molecule has 2 amide bonds. The van der Waals surface area contributed by atoms with E-state index in [0.29, 0.717) is 12.1 Å². The fraction of sp³-hybridized carbons (Fsp3) is 0.391. The second-order valence-corrected chi connectivity index (χ2v) is 8.19. The minimum Gasteiger partial charge on any atom is -0.355 e. The monoisotopic (exact) mass is 381 g/mol. The van der Waals surface area contributed by atoms with Crippen LogP contribution in [0.4, 0.5) is 0 Å². The van der Waals surface area contributed by atoms with E-state index in [2.05, 4.69) is 29.4 Å². The molecule has 0 aliphatic rings. The largest absolute Gasteiger partial charge is 0.355 e. The minimum atomic E-state index is -0.383. The van der Waals surface area contributed by atoms with E-state index in [1.165, 1.54) is 0 Å². The summed E-state index contributed by atoms with van der Waals surface area (Å²) in [6, 6.07) is 18.3. The van der Waals surface area contributed by atoms with Gasteiger partial charge in [0.25, 0.3) is 5.91 Å². The SMILES string of the molecule is CN(C)CC(C)(C)CNC(=O)CC(NC(=O)c1ccccc1)c1ccccc1. The lowest BCUT2D eigenvalue weighted by molar-refractivity contribution is -0.122. The van der Waals surface area contributed by atoms with Gasteiger partial charge in [-0.2, -0.15) is 0 Å². The van der Waals surface area contributed by atoms with Crippen molar-refractivity contribution in [2.75, 3.05) is 27.2 Å². The van der Waals surface area contributed by atoms with Crippen molar-refractivity contribution in [2.24, 2.45) is 5.41 Å². The van der Waals surface area contributed by atoms with Crippen molar-refractivity contribution in [2.45, 2.75) is 26.3 Å². The summed E-state index contributed by atoms with van der Waals surface area (Å²) in [6.45, 7) is 5.70. The number of nitrogens with one attached hydrogen (secondary N) is 2. The number of carbonyl (C=O) groups excluding carboxylic acids is 2. The van der Waals surface area contributed by atoms with Gasteiger partial charge < -0.3 is 15.5 Å². The average Bonchev–Trinajstić information content (AvgIpc) is 2.66. The summed E-state index contributed by atoms with van der Waals surface area (Å²) in [5.74, 6) is -0.260. The number of rotatable bonds is 9. The molecule has 2 aromatic carbocycles. The molecule has 28 heavy (non-hydrogen) atoms. The van der Waals surface area contributed by atoms with Gasteiger partial charge in [-0.05, 0) is 37.2 Å². The second-order valence-electron chi connectivity index (χ2n) is 8.19. The molecule has 5 nitrogen and oxygen atoms in total. The van der Waals surface area contributed by atoms with Crippen LogP contribution in [0.1, 0.15) is 42.2 Å². The third-order valence-electron chi connectivity index (χ3n) is 4.44. The highest BCUT2D eigenvalue weighted by molar-refractivity contribution is 5.94. The number of nitrogens with zero attached hydrogens (tertiary/aromatic N) is 1. The topological polar surface area (TPSA) is 61.4 Å². The van der Waals surface area contributed by atoms with E-state index in [4.69, 9.17) is 0 Å². The van der Waals surface area contributed by atoms with Gasteiger partial charge in [0.15, 0.2) is 0 Å². The summed E-state index contributed by atoms with van der Waals surface area (Å²) >= 11 is 0. The zero-order valence-corrected chi connectivity index (χ0v) is 17.2. The normalized spacial score (nSPS) is 12.5. The fourth-order valence-corrected chi connectivity index (χ4v) is 3.28. The first-order valence-electron chi connectivity index (χ1n) is 9.59. The van der Waals surface area contributed by atoms with E-state index in [9.17, 15) is 9.59 Å². The van der Waals surface area contributed by atoms with Crippen molar-refractivity contribution in [3.8, 4) is 0 Å². The summed E-state index contributed by atoms with van der Waals surface area (Å²) in [4.78, 5) is 27.3. The maximum absolute atomic E-state index is 12.6. The van der Waals surface area contributed by atoms with Gasteiger partial charge in [0.05, 0.1) is 12.5 Å². The Kier molecular flexibility index (Phi) is 7.76. The molecule has 0 bridgehead atoms. The Bertz CT molecular complexity index is 758. The van der Waals surface area contributed by atoms with Crippen LogP contribution in [0.3, 0.4) is 0 Å². The standard InChI is InChI=1S/C23H31N3O2/c1-23(2,17-26(3)4)16-24-21(27)15-20(18-11-7-5-8-12-18)25-22(28)19-13-9-6-10-14-19/h5-14,20H,15-17H2,1-4H3,(H,24,27)(H,25,28). The van der Waals surface area contributed by atoms with Gasteiger partial charge in [0.1, 0.15) is 0 Å². The predicted octanol–water partition coefficient (Wildman–Crippen LogP) is 3.25. The van der Waals surface area contributed by atoms with Crippen LogP contribution in [0.25, 0.3) is 0 Å². The molecule has 0 saturated carbocycles. The van der Waals surface area contributed by atoms with Crippen LogP contribution in [0.2, 0.25) is 0 Å². The van der Waals surface area contributed by atoms with Crippen molar-refractivity contribution in [1.82, 2.24) is 15.5 Å². The van der Waals surface area contributed by atoms with Crippen LogP contribution in [-0.2, 0) is 4.79 Å². The highest BCUT2D eigenvalue weighted by Crippen LogP contribution is 2.19. The molecule has 0 spiro atoms. The molecule has 0 aliphatic carbocycles. The van der Waals surface area contributed by atoms with Crippen LogP contribution >= 0.6 is 0 Å². The Morgan fingerprint density at radius 3 is 2.11 bits per heavy atom. The first kappa shape index (κ1) is 21.6. The quantitative estimate of drug-likeness (QED) is 0.701. The van der Waals surface area contributed by atoms with Crippen LogP contribution in [-0.4, -0.2) is 43.9 Å². The third-order valence-corrected chi connectivity index (χ3v) is 4.44. The fourth-order valence-electron chi connectivity index (χ4n) is 3.28. The summed E-state index contributed by atoms with van der Waals surface area (Å²) in [5.41, 5.74) is 1.46. The number of hydrogen-bond acceptors (Lipinski definition) is 3. The number of carbonyl (C=O) groups is 2. The summed E-state index contributed by atoms with van der Waals surface area (Å²) in [6.07, 6.45) is 0.195. The van der Waals surface area contributed by atoms with Crippen LogP contribution in [0.15, 0.2) is 60.7 Å². The van der Waals surface area contributed by atoms with Gasteiger partial charge in [0.2, 0.25) is 5.91 Å². The number of hydrogen-bond donors (Lipinski definition) is 2. The third kappa shape index (κ3) is 7.16. The summed E-state index contributed by atoms with van der Waals surface area (Å²) in [5, 5.41) is 6.03. The molecule has 150 valence electrons. The van der Waals surface area contributed by atoms with Gasteiger partial charge in [0, 0.05) is 18.7 Å². The first-order valence-corrected chi connectivity index (χ1v) is 9.59. The van der Waals surface area contributed by atoms with Gasteiger partial charge in [-0.3, -0.25) is 9.59 Å². The molecule has 0 heterocycles. The highest BCUT2D eigenvalue weighted by atomic mass is 16.2.